The van der Waals surface area contributed by atoms with E-state index in [0.717, 1.165) is 44.2 Å². The van der Waals surface area contributed by atoms with Crippen LogP contribution in [0.15, 0.2) is 60.7 Å². The van der Waals surface area contributed by atoms with E-state index < -0.39 is 6.43 Å². The molecule has 2 aromatic heterocycles. The molecule has 0 radical (unpaired) electrons. The molecule has 2 aromatic carbocycles. The lowest BCUT2D eigenvalue weighted by Gasteiger charge is -2.37. The predicted octanol–water partition coefficient (Wildman–Crippen LogP) is 6.19. The Balaban J connectivity index is 1.02. The molecule has 1 N–H and O–H groups in total. The number of hydrogen-bond acceptors (Lipinski definition) is 8. The van der Waals surface area contributed by atoms with Crippen molar-refractivity contribution >= 4 is 22.8 Å². The Kier molecular flexibility index (Phi) is 9.87. The summed E-state index contributed by atoms with van der Waals surface area (Å²) in [5, 5.41) is 3.51. The summed E-state index contributed by atoms with van der Waals surface area (Å²) in [5.74, 6) is 1.49. The molecule has 250 valence electrons. The molecule has 7 rings (SSSR count). The Morgan fingerprint density at radius 1 is 0.936 bits per heavy atom. The van der Waals surface area contributed by atoms with Crippen molar-refractivity contribution in [3.05, 3.63) is 72.1 Å². The molecule has 0 unspecified atom stereocenters. The van der Waals surface area contributed by atoms with Gasteiger partial charge in [-0.15, -0.1) is 0 Å². The summed E-state index contributed by atoms with van der Waals surface area (Å²) in [6, 6.07) is 19.2. The minimum absolute atomic E-state index is 0.0428. The fraction of sp³-hybridized carbons (Fsp3) is 0.514. The Morgan fingerprint density at radius 3 is 2.47 bits per heavy atom. The molecule has 12 heteroatoms. The van der Waals surface area contributed by atoms with E-state index in [4.69, 9.17) is 19.4 Å². The number of alkyl halides is 3. The van der Waals surface area contributed by atoms with E-state index in [9.17, 15) is 13.2 Å². The number of rotatable bonds is 11. The van der Waals surface area contributed by atoms with E-state index in [1.807, 2.05) is 29.2 Å². The fourth-order valence-corrected chi connectivity index (χ4v) is 7.30. The van der Waals surface area contributed by atoms with Crippen molar-refractivity contribution in [1.29, 1.82) is 0 Å². The molecule has 0 bridgehead atoms. The van der Waals surface area contributed by atoms with Crippen molar-refractivity contribution in [1.82, 2.24) is 24.4 Å². The molecule has 3 aliphatic rings. The summed E-state index contributed by atoms with van der Waals surface area (Å²) in [6.07, 6.45) is 2.03. The SMILES string of the molecule is FC[C@@H]1C[C@@H](OCc2ccccc2)CN1[C@H]1CC[C@H](CNc2cc(-n3c(C(F)F)nc4ccccc43)nc(N3CCOCC3)n2)CC1. The van der Waals surface area contributed by atoms with Crippen molar-refractivity contribution < 1.29 is 22.6 Å². The highest BCUT2D eigenvalue weighted by molar-refractivity contribution is 5.78. The lowest BCUT2D eigenvalue weighted by molar-refractivity contribution is 0.0394. The molecule has 1 aliphatic carbocycles. The highest BCUT2D eigenvalue weighted by Gasteiger charge is 2.38. The van der Waals surface area contributed by atoms with Crippen LogP contribution in [0.25, 0.3) is 16.9 Å². The quantitative estimate of drug-likeness (QED) is 0.206. The Labute approximate surface area is 273 Å². The lowest BCUT2D eigenvalue weighted by atomic mass is 9.85. The zero-order chi connectivity index (χ0) is 32.2. The number of nitrogens with zero attached hydrogens (tertiary/aromatic N) is 6. The van der Waals surface area contributed by atoms with Crippen molar-refractivity contribution in [2.75, 3.05) is 56.3 Å². The number of benzene rings is 2. The molecular weight excluding hydrogens is 607 g/mol. The summed E-state index contributed by atoms with van der Waals surface area (Å²) in [6.45, 7) is 4.01. The number of fused-ring (bicyclic) bond motifs is 1. The predicted molar refractivity (Wildman–Crippen MR) is 175 cm³/mol. The van der Waals surface area contributed by atoms with E-state index in [0.29, 0.717) is 80.0 Å². The van der Waals surface area contributed by atoms with Gasteiger partial charge in [0, 0.05) is 44.3 Å². The third kappa shape index (κ3) is 7.24. The van der Waals surface area contributed by atoms with Crippen LogP contribution in [0.5, 0.6) is 0 Å². The van der Waals surface area contributed by atoms with E-state index in [2.05, 4.69) is 27.3 Å². The number of para-hydroxylation sites is 2. The second kappa shape index (κ2) is 14.6. The van der Waals surface area contributed by atoms with Gasteiger partial charge in [-0.2, -0.15) is 9.97 Å². The number of anilines is 2. The van der Waals surface area contributed by atoms with E-state index in [1.54, 1.807) is 24.3 Å². The van der Waals surface area contributed by atoms with Crippen LogP contribution in [0, 0.1) is 5.92 Å². The summed E-state index contributed by atoms with van der Waals surface area (Å²) in [5.41, 5.74) is 2.19. The van der Waals surface area contributed by atoms with Gasteiger partial charge in [-0.05, 0) is 55.7 Å². The molecule has 0 spiro atoms. The molecule has 9 nitrogen and oxygen atoms in total. The maximum atomic E-state index is 14.2. The third-order valence-corrected chi connectivity index (χ3v) is 9.79. The molecule has 3 fully saturated rings. The number of ether oxygens (including phenoxy) is 2. The largest absolute Gasteiger partial charge is 0.378 e. The van der Waals surface area contributed by atoms with Gasteiger partial charge in [0.05, 0.1) is 37.0 Å². The third-order valence-electron chi connectivity index (χ3n) is 9.79. The van der Waals surface area contributed by atoms with Crippen molar-refractivity contribution in [3.63, 3.8) is 0 Å². The highest BCUT2D eigenvalue weighted by Crippen LogP contribution is 2.34. The molecular formula is C35H42F3N7O2. The number of hydrogen-bond donors (Lipinski definition) is 1. The maximum absolute atomic E-state index is 14.2. The molecule has 2 atom stereocenters. The van der Waals surface area contributed by atoms with Gasteiger partial charge in [0.2, 0.25) is 5.95 Å². The first kappa shape index (κ1) is 31.8. The molecule has 2 saturated heterocycles. The van der Waals surface area contributed by atoms with Gasteiger partial charge in [-0.1, -0.05) is 42.5 Å². The van der Waals surface area contributed by atoms with Crippen LogP contribution in [0.3, 0.4) is 0 Å². The molecule has 4 aromatic rings. The van der Waals surface area contributed by atoms with Crippen LogP contribution in [0.1, 0.15) is 49.9 Å². The van der Waals surface area contributed by atoms with E-state index >= 15 is 0 Å². The van der Waals surface area contributed by atoms with Gasteiger partial charge >= 0.3 is 0 Å². The van der Waals surface area contributed by atoms with Gasteiger partial charge in [0.15, 0.2) is 5.82 Å². The van der Waals surface area contributed by atoms with Crippen molar-refractivity contribution in [3.8, 4) is 5.82 Å². The first-order chi connectivity index (χ1) is 23.1. The monoisotopic (exact) mass is 649 g/mol. The van der Waals surface area contributed by atoms with Crippen molar-refractivity contribution in [2.45, 2.75) is 63.3 Å². The fourth-order valence-electron chi connectivity index (χ4n) is 7.30. The van der Waals surface area contributed by atoms with Gasteiger partial charge in [0.1, 0.15) is 18.3 Å². The lowest BCUT2D eigenvalue weighted by Crippen LogP contribution is -2.43. The summed E-state index contributed by atoms with van der Waals surface area (Å²) in [4.78, 5) is 18.2. The van der Waals surface area contributed by atoms with Gasteiger partial charge in [-0.3, -0.25) is 9.47 Å². The maximum Gasteiger partial charge on any atom is 0.296 e. The molecule has 4 heterocycles. The van der Waals surface area contributed by atoms with Gasteiger partial charge in [-0.25, -0.2) is 18.2 Å². The van der Waals surface area contributed by atoms with Crippen LogP contribution in [0.2, 0.25) is 0 Å². The van der Waals surface area contributed by atoms with Crippen LogP contribution >= 0.6 is 0 Å². The first-order valence-electron chi connectivity index (χ1n) is 16.7. The van der Waals surface area contributed by atoms with Crippen LogP contribution in [-0.2, 0) is 16.1 Å². The Morgan fingerprint density at radius 2 is 1.70 bits per heavy atom. The molecule has 2 aliphatic heterocycles. The van der Waals surface area contributed by atoms with Gasteiger partial charge < -0.3 is 19.7 Å². The first-order valence-corrected chi connectivity index (χ1v) is 16.7. The smallest absolute Gasteiger partial charge is 0.296 e. The number of imidazole rings is 1. The summed E-state index contributed by atoms with van der Waals surface area (Å²) >= 11 is 0. The average Bonchev–Trinajstić information content (AvgIpc) is 3.73. The Hall–Kier alpha value is -3.74. The molecule has 0 amide bonds. The topological polar surface area (TPSA) is 80.6 Å². The average molecular weight is 650 g/mol. The number of morpholine rings is 1. The summed E-state index contributed by atoms with van der Waals surface area (Å²) < 4.78 is 55.7. The highest BCUT2D eigenvalue weighted by atomic mass is 19.3. The normalized spacial score (nSPS) is 24.0. The van der Waals surface area contributed by atoms with Crippen LogP contribution in [-0.4, -0.2) is 88.7 Å². The molecule has 1 saturated carbocycles. The zero-order valence-electron chi connectivity index (χ0n) is 26.5. The summed E-state index contributed by atoms with van der Waals surface area (Å²) in [7, 11) is 0. The number of halogens is 3. The minimum Gasteiger partial charge on any atom is -0.378 e. The minimum atomic E-state index is -2.77. The Bertz CT molecular complexity index is 1610. The van der Waals surface area contributed by atoms with Crippen LogP contribution in [0.4, 0.5) is 24.9 Å². The van der Waals surface area contributed by atoms with Crippen molar-refractivity contribution in [2.24, 2.45) is 5.92 Å². The second-order valence-electron chi connectivity index (χ2n) is 12.8. The van der Waals surface area contributed by atoms with Crippen LogP contribution < -0.4 is 10.2 Å². The zero-order valence-corrected chi connectivity index (χ0v) is 26.5. The van der Waals surface area contributed by atoms with E-state index in [1.165, 1.54) is 4.57 Å². The number of likely N-dealkylation sites (tertiary alicyclic amines) is 1. The van der Waals surface area contributed by atoms with E-state index in [-0.39, 0.29) is 24.6 Å². The molecule has 47 heavy (non-hydrogen) atoms. The second-order valence-corrected chi connectivity index (χ2v) is 12.8. The van der Waals surface area contributed by atoms with Gasteiger partial charge in [0.25, 0.3) is 6.43 Å². The number of nitrogens with one attached hydrogen (secondary N) is 1. The standard InChI is InChI=1S/C35H42F3N7O2/c36-20-27-18-28(47-23-25-6-2-1-3-7-25)22-44(27)26-12-10-24(11-13-26)21-39-31-19-32(42-35(41-31)43-14-16-46-17-15-43)45-30-9-5-4-8-29(30)40-34(45)33(37)38/h1-9,19,24,26-28,33H,10-18,20-23H2,(H,39,41,42)/t24-,26-,27-,28+/m0/s1. The number of aromatic nitrogens is 4.